The highest BCUT2D eigenvalue weighted by Crippen LogP contribution is 2.22. The number of piperazine rings is 1. The molecule has 0 amide bonds. The molecule has 2 aromatic heterocycles. The van der Waals surface area contributed by atoms with Crippen molar-refractivity contribution in [1.29, 1.82) is 0 Å². The van der Waals surface area contributed by atoms with Crippen molar-refractivity contribution in [3.05, 3.63) is 27.8 Å². The van der Waals surface area contributed by atoms with Gasteiger partial charge in [0.2, 0.25) is 5.89 Å². The number of hydrogen-bond acceptors (Lipinski definition) is 7. The van der Waals surface area contributed by atoms with E-state index in [0.29, 0.717) is 5.92 Å². The highest BCUT2D eigenvalue weighted by atomic mass is 32.1. The second-order valence-corrected chi connectivity index (χ2v) is 7.55. The Morgan fingerprint density at radius 3 is 2.48 bits per heavy atom. The van der Waals surface area contributed by atoms with Gasteiger partial charge < -0.3 is 4.52 Å². The average Bonchev–Trinajstić information content (AvgIpc) is 3.17. The summed E-state index contributed by atoms with van der Waals surface area (Å²) in [4.78, 5) is 14.0. The van der Waals surface area contributed by atoms with Gasteiger partial charge in [0.25, 0.3) is 0 Å². The zero-order chi connectivity index (χ0) is 16.4. The number of aromatic nitrogens is 3. The molecule has 126 valence electrons. The predicted octanol–water partition coefficient (Wildman–Crippen LogP) is 2.84. The van der Waals surface area contributed by atoms with Crippen LogP contribution in [0.3, 0.4) is 0 Å². The maximum Gasteiger partial charge on any atom is 0.243 e. The van der Waals surface area contributed by atoms with Gasteiger partial charge in [-0.2, -0.15) is 4.98 Å². The van der Waals surface area contributed by atoms with Gasteiger partial charge in [0.1, 0.15) is 0 Å². The van der Waals surface area contributed by atoms with E-state index in [9.17, 15) is 0 Å². The van der Waals surface area contributed by atoms with E-state index in [1.807, 2.05) is 0 Å². The van der Waals surface area contributed by atoms with Crippen LogP contribution in [0.25, 0.3) is 0 Å². The maximum absolute atomic E-state index is 5.44. The number of thiazole rings is 1. The minimum atomic E-state index is 0.179. The fourth-order valence-electron chi connectivity index (χ4n) is 2.83. The van der Waals surface area contributed by atoms with Gasteiger partial charge in [0, 0.05) is 44.0 Å². The van der Waals surface area contributed by atoms with Gasteiger partial charge in [-0.1, -0.05) is 19.0 Å². The summed E-state index contributed by atoms with van der Waals surface area (Å²) < 4.78 is 5.44. The Balaban J connectivity index is 1.53. The largest absolute Gasteiger partial charge is 0.338 e. The standard InChI is InChI=1S/C16H25N5OS/c1-11(2)15-18-16(22-19-15)12(3)21-7-5-20(6-8-21)9-14-10-23-13(4)17-14/h10-12H,5-9H2,1-4H3/t12-/m0/s1. The Kier molecular flexibility index (Phi) is 5.08. The summed E-state index contributed by atoms with van der Waals surface area (Å²) >= 11 is 1.72. The van der Waals surface area contributed by atoms with Gasteiger partial charge in [-0.3, -0.25) is 9.80 Å². The predicted molar refractivity (Wildman–Crippen MR) is 90.5 cm³/mol. The van der Waals surface area contributed by atoms with Crippen LogP contribution in [0.4, 0.5) is 0 Å². The third kappa shape index (κ3) is 3.97. The van der Waals surface area contributed by atoms with Crippen molar-refractivity contribution >= 4 is 11.3 Å². The van der Waals surface area contributed by atoms with Crippen LogP contribution in [0.2, 0.25) is 0 Å². The van der Waals surface area contributed by atoms with E-state index in [-0.39, 0.29) is 6.04 Å². The summed E-state index contributed by atoms with van der Waals surface area (Å²) in [6, 6.07) is 0.179. The molecule has 3 heterocycles. The molecule has 0 radical (unpaired) electrons. The van der Waals surface area contributed by atoms with Crippen molar-refractivity contribution < 1.29 is 4.52 Å². The first-order valence-electron chi connectivity index (χ1n) is 8.24. The second-order valence-electron chi connectivity index (χ2n) is 6.49. The van der Waals surface area contributed by atoms with Crippen LogP contribution in [0.5, 0.6) is 0 Å². The molecule has 0 aliphatic carbocycles. The topological polar surface area (TPSA) is 58.3 Å². The second kappa shape index (κ2) is 7.07. The Morgan fingerprint density at radius 2 is 1.91 bits per heavy atom. The van der Waals surface area contributed by atoms with E-state index in [1.165, 1.54) is 5.69 Å². The third-order valence-corrected chi connectivity index (χ3v) is 5.16. The van der Waals surface area contributed by atoms with Crippen LogP contribution in [0.1, 0.15) is 55.1 Å². The van der Waals surface area contributed by atoms with Crippen molar-refractivity contribution in [2.45, 2.75) is 46.2 Å². The molecule has 1 fully saturated rings. The molecule has 0 bridgehead atoms. The first kappa shape index (κ1) is 16.5. The quantitative estimate of drug-likeness (QED) is 0.837. The molecular weight excluding hydrogens is 310 g/mol. The van der Waals surface area contributed by atoms with E-state index in [0.717, 1.165) is 49.4 Å². The molecule has 7 heteroatoms. The minimum absolute atomic E-state index is 0.179. The molecule has 1 atom stereocenters. The molecule has 1 aliphatic rings. The molecule has 0 spiro atoms. The Labute approximate surface area is 141 Å². The molecule has 1 aliphatic heterocycles. The van der Waals surface area contributed by atoms with Crippen LogP contribution < -0.4 is 0 Å². The SMILES string of the molecule is Cc1nc(CN2CCN([C@@H](C)c3nc(C(C)C)no3)CC2)cs1. The number of aryl methyl sites for hydroxylation is 1. The van der Waals surface area contributed by atoms with Gasteiger partial charge in [0.15, 0.2) is 5.82 Å². The lowest BCUT2D eigenvalue weighted by molar-refractivity contribution is 0.0839. The molecule has 0 unspecified atom stereocenters. The third-order valence-electron chi connectivity index (χ3n) is 4.34. The fraction of sp³-hybridized carbons (Fsp3) is 0.688. The first-order chi connectivity index (χ1) is 11.0. The molecule has 1 saturated heterocycles. The molecule has 0 aromatic carbocycles. The monoisotopic (exact) mass is 335 g/mol. The Morgan fingerprint density at radius 1 is 1.17 bits per heavy atom. The first-order valence-corrected chi connectivity index (χ1v) is 9.12. The zero-order valence-corrected chi connectivity index (χ0v) is 15.1. The van der Waals surface area contributed by atoms with Gasteiger partial charge in [0.05, 0.1) is 16.7 Å². The van der Waals surface area contributed by atoms with E-state index in [4.69, 9.17) is 4.52 Å². The Bertz CT molecular complexity index is 630. The number of hydrogen-bond donors (Lipinski definition) is 0. The molecule has 2 aromatic rings. The summed E-state index contributed by atoms with van der Waals surface area (Å²) in [7, 11) is 0. The minimum Gasteiger partial charge on any atom is -0.338 e. The molecule has 6 nitrogen and oxygen atoms in total. The van der Waals surface area contributed by atoms with Gasteiger partial charge in [-0.05, 0) is 13.8 Å². The van der Waals surface area contributed by atoms with Crippen LogP contribution in [-0.4, -0.2) is 51.1 Å². The van der Waals surface area contributed by atoms with Crippen molar-refractivity contribution in [3.8, 4) is 0 Å². The number of rotatable bonds is 5. The lowest BCUT2D eigenvalue weighted by atomic mass is 10.2. The smallest absolute Gasteiger partial charge is 0.243 e. The molecule has 0 N–H and O–H groups in total. The lowest BCUT2D eigenvalue weighted by Gasteiger charge is -2.36. The van der Waals surface area contributed by atoms with Crippen molar-refractivity contribution in [1.82, 2.24) is 24.9 Å². The van der Waals surface area contributed by atoms with Crippen LogP contribution in [-0.2, 0) is 6.54 Å². The van der Waals surface area contributed by atoms with Crippen molar-refractivity contribution in [2.24, 2.45) is 0 Å². The van der Waals surface area contributed by atoms with E-state index < -0.39 is 0 Å². The van der Waals surface area contributed by atoms with Gasteiger partial charge in [-0.25, -0.2) is 4.98 Å². The Hall–Kier alpha value is -1.31. The lowest BCUT2D eigenvalue weighted by Crippen LogP contribution is -2.46. The normalized spacial score (nSPS) is 18.7. The van der Waals surface area contributed by atoms with Gasteiger partial charge in [-0.15, -0.1) is 11.3 Å². The van der Waals surface area contributed by atoms with Crippen molar-refractivity contribution in [2.75, 3.05) is 26.2 Å². The van der Waals surface area contributed by atoms with Crippen LogP contribution in [0.15, 0.2) is 9.90 Å². The van der Waals surface area contributed by atoms with Gasteiger partial charge >= 0.3 is 0 Å². The highest BCUT2D eigenvalue weighted by Gasteiger charge is 2.26. The summed E-state index contributed by atoms with van der Waals surface area (Å²) in [5.74, 6) is 1.83. The zero-order valence-electron chi connectivity index (χ0n) is 14.3. The molecular formula is C16H25N5OS. The summed E-state index contributed by atoms with van der Waals surface area (Å²) in [6.45, 7) is 13.5. The molecule has 3 rings (SSSR count). The maximum atomic E-state index is 5.44. The van der Waals surface area contributed by atoms with E-state index in [2.05, 4.69) is 58.0 Å². The van der Waals surface area contributed by atoms with Crippen LogP contribution >= 0.6 is 11.3 Å². The fourth-order valence-corrected chi connectivity index (χ4v) is 3.43. The average molecular weight is 335 g/mol. The van der Waals surface area contributed by atoms with Crippen molar-refractivity contribution in [3.63, 3.8) is 0 Å². The summed E-state index contributed by atoms with van der Waals surface area (Å²) in [5, 5.41) is 7.38. The highest BCUT2D eigenvalue weighted by molar-refractivity contribution is 7.09. The molecule has 0 saturated carbocycles. The van der Waals surface area contributed by atoms with E-state index in [1.54, 1.807) is 11.3 Å². The van der Waals surface area contributed by atoms with E-state index >= 15 is 0 Å². The number of nitrogens with zero attached hydrogens (tertiary/aromatic N) is 5. The summed E-state index contributed by atoms with van der Waals surface area (Å²) in [5.41, 5.74) is 1.19. The summed E-state index contributed by atoms with van der Waals surface area (Å²) in [6.07, 6.45) is 0. The molecule has 23 heavy (non-hydrogen) atoms. The van der Waals surface area contributed by atoms with Crippen LogP contribution in [0, 0.1) is 6.92 Å².